The lowest BCUT2D eigenvalue weighted by Gasteiger charge is -2.50. The van der Waals surface area contributed by atoms with E-state index in [9.17, 15) is 17.2 Å². The van der Waals surface area contributed by atoms with Gasteiger partial charge in [-0.1, -0.05) is 61.0 Å². The third kappa shape index (κ3) is 5.90. The molecule has 4 nitrogen and oxygen atoms in total. The molecule has 2 aromatic carbocycles. The van der Waals surface area contributed by atoms with Crippen LogP contribution >= 0.6 is 15.9 Å². The van der Waals surface area contributed by atoms with Gasteiger partial charge in [0.25, 0.3) is 0 Å². The van der Waals surface area contributed by atoms with Crippen LogP contribution in [0.4, 0.5) is 8.78 Å². The molecule has 1 atom stereocenters. The Balaban J connectivity index is 2.32. The molecule has 0 radical (unpaired) electrons. The Bertz CT molecular complexity index is 1060. The second-order valence-electron chi connectivity index (χ2n) is 10.7. The fourth-order valence-corrected chi connectivity index (χ4v) is 8.45. The molecule has 0 spiro atoms. The van der Waals surface area contributed by atoms with Gasteiger partial charge in [0.15, 0.2) is 8.32 Å². The van der Waals surface area contributed by atoms with Gasteiger partial charge < -0.3 is 4.43 Å². The molecular weight excluding hydrogens is 552 g/mol. The van der Waals surface area contributed by atoms with Crippen molar-refractivity contribution in [3.63, 3.8) is 0 Å². The summed E-state index contributed by atoms with van der Waals surface area (Å²) < 4.78 is 64.0. The van der Waals surface area contributed by atoms with Gasteiger partial charge >= 0.3 is 0 Å². The monoisotopic (exact) mass is 587 g/mol. The van der Waals surface area contributed by atoms with Crippen LogP contribution in [0.15, 0.2) is 48.5 Å². The van der Waals surface area contributed by atoms with Crippen LogP contribution in [0, 0.1) is 11.6 Å². The average molecular weight is 589 g/mol. The molecule has 1 heterocycles. The summed E-state index contributed by atoms with van der Waals surface area (Å²) >= 11 is 3.34. The fourth-order valence-electron chi connectivity index (χ4n) is 4.52. The molecule has 1 unspecified atom stereocenters. The van der Waals surface area contributed by atoms with Crippen molar-refractivity contribution >= 4 is 34.3 Å². The van der Waals surface area contributed by atoms with Crippen molar-refractivity contribution in [3.05, 3.63) is 71.3 Å². The van der Waals surface area contributed by atoms with Crippen LogP contribution < -0.4 is 0 Å². The van der Waals surface area contributed by atoms with Crippen LogP contribution in [0.5, 0.6) is 0 Å². The Morgan fingerprint density at radius 3 is 1.91 bits per heavy atom. The van der Waals surface area contributed by atoms with Crippen LogP contribution in [0.2, 0.25) is 18.1 Å². The number of sulfonamides is 1. The Labute approximate surface area is 218 Å². The summed E-state index contributed by atoms with van der Waals surface area (Å²) in [7, 11) is -6.12. The highest BCUT2D eigenvalue weighted by atomic mass is 79.9. The van der Waals surface area contributed by atoms with E-state index in [-0.39, 0.29) is 22.4 Å². The van der Waals surface area contributed by atoms with Crippen molar-refractivity contribution < 1.29 is 21.6 Å². The number of benzene rings is 2. The van der Waals surface area contributed by atoms with Crippen molar-refractivity contribution in [1.82, 2.24) is 4.31 Å². The quantitative estimate of drug-likeness (QED) is 0.239. The summed E-state index contributed by atoms with van der Waals surface area (Å²) in [5.74, 6) is -0.748. The number of hydrogen-bond acceptors (Lipinski definition) is 3. The van der Waals surface area contributed by atoms with Crippen LogP contribution in [0.25, 0.3) is 0 Å². The molecule has 3 rings (SSSR count). The van der Waals surface area contributed by atoms with Gasteiger partial charge in [0.05, 0.1) is 11.8 Å². The number of nitrogens with zero attached hydrogens (tertiary/aromatic N) is 1. The van der Waals surface area contributed by atoms with E-state index < -0.39 is 30.0 Å². The molecule has 1 aliphatic rings. The number of hydrogen-bond donors (Lipinski definition) is 0. The molecule has 1 aliphatic heterocycles. The van der Waals surface area contributed by atoms with Gasteiger partial charge in [0.2, 0.25) is 10.0 Å². The van der Waals surface area contributed by atoms with Crippen molar-refractivity contribution in [1.29, 1.82) is 0 Å². The maximum Gasteiger partial charge on any atom is 0.214 e. The second kappa shape index (κ2) is 10.7. The lowest BCUT2D eigenvalue weighted by molar-refractivity contribution is 0.0321. The van der Waals surface area contributed by atoms with E-state index >= 15 is 0 Å². The van der Waals surface area contributed by atoms with E-state index in [0.29, 0.717) is 42.3 Å². The van der Waals surface area contributed by atoms with Crippen LogP contribution in [-0.4, -0.2) is 44.7 Å². The summed E-state index contributed by atoms with van der Waals surface area (Å²) in [5.41, 5.74) is 0.119. The highest BCUT2D eigenvalue weighted by molar-refractivity contribution is 9.09. The van der Waals surface area contributed by atoms with Gasteiger partial charge in [-0.25, -0.2) is 17.2 Å². The minimum absolute atomic E-state index is 0.0256. The topological polar surface area (TPSA) is 46.6 Å². The predicted molar refractivity (Wildman–Crippen MR) is 144 cm³/mol. The van der Waals surface area contributed by atoms with E-state index in [2.05, 4.69) is 49.8 Å². The third-order valence-electron chi connectivity index (χ3n) is 7.33. The van der Waals surface area contributed by atoms with Gasteiger partial charge in [0.1, 0.15) is 17.2 Å². The smallest absolute Gasteiger partial charge is 0.214 e. The zero-order chi connectivity index (χ0) is 26.1. The van der Waals surface area contributed by atoms with Crippen molar-refractivity contribution in [2.45, 2.75) is 69.8 Å². The molecule has 2 aromatic rings. The molecule has 1 fully saturated rings. The first kappa shape index (κ1) is 28.4. The van der Waals surface area contributed by atoms with Gasteiger partial charge in [-0.15, -0.1) is 0 Å². The molecule has 0 N–H and O–H groups in total. The van der Waals surface area contributed by atoms with E-state index in [1.54, 1.807) is 28.6 Å². The highest BCUT2D eigenvalue weighted by Crippen LogP contribution is 2.50. The SMILES string of the molecule is CC(C)(C)[Si](C)(C)OC(c1ccc(F)cc1)(c1ccc(F)cc1)C1CCCN1S(=O)(=O)CCCBr. The van der Waals surface area contributed by atoms with E-state index in [4.69, 9.17) is 4.43 Å². The Morgan fingerprint density at radius 1 is 1.00 bits per heavy atom. The number of halogens is 3. The van der Waals surface area contributed by atoms with Gasteiger partial charge in [-0.3, -0.25) is 0 Å². The lowest BCUT2D eigenvalue weighted by Crippen LogP contribution is -2.58. The molecule has 0 aliphatic carbocycles. The molecular formula is C26H36BrF2NO3SSi. The normalized spacial score (nSPS) is 18.2. The molecule has 0 saturated carbocycles. The Hall–Kier alpha value is -1.13. The first-order valence-electron chi connectivity index (χ1n) is 12.0. The maximum atomic E-state index is 14.0. The van der Waals surface area contributed by atoms with Gasteiger partial charge in [0, 0.05) is 11.9 Å². The van der Waals surface area contributed by atoms with Gasteiger partial charge in [-0.05, 0) is 72.8 Å². The average Bonchev–Trinajstić information content (AvgIpc) is 3.28. The Kier molecular flexibility index (Phi) is 8.69. The second-order valence-corrected chi connectivity index (χ2v) is 18.3. The van der Waals surface area contributed by atoms with Crippen LogP contribution in [0.1, 0.15) is 51.2 Å². The first-order chi connectivity index (χ1) is 16.2. The maximum absolute atomic E-state index is 14.0. The molecule has 9 heteroatoms. The van der Waals surface area contributed by atoms with E-state index in [1.165, 1.54) is 24.3 Å². The molecule has 0 bridgehead atoms. The van der Waals surface area contributed by atoms with Gasteiger partial charge in [-0.2, -0.15) is 4.31 Å². The summed E-state index contributed by atoms with van der Waals surface area (Å²) in [5, 5.41) is 0.406. The highest BCUT2D eigenvalue weighted by Gasteiger charge is 2.55. The summed E-state index contributed by atoms with van der Waals surface area (Å²) in [6, 6.07) is 11.7. The first-order valence-corrected chi connectivity index (χ1v) is 17.7. The molecule has 0 aromatic heterocycles. The predicted octanol–water partition coefficient (Wildman–Crippen LogP) is 6.81. The van der Waals surface area contributed by atoms with Crippen molar-refractivity contribution in [2.24, 2.45) is 0 Å². The molecule has 0 amide bonds. The summed E-state index contributed by atoms with van der Waals surface area (Å²) in [4.78, 5) is 0. The third-order valence-corrected chi connectivity index (χ3v) is 14.3. The minimum Gasteiger partial charge on any atom is -0.402 e. The van der Waals surface area contributed by atoms with Crippen LogP contribution in [-0.2, 0) is 20.1 Å². The van der Waals surface area contributed by atoms with Crippen LogP contribution in [0.3, 0.4) is 0 Å². The van der Waals surface area contributed by atoms with Crippen molar-refractivity contribution in [3.8, 4) is 0 Å². The molecule has 1 saturated heterocycles. The summed E-state index contributed by atoms with van der Waals surface area (Å²) in [6.07, 6.45) is 1.76. The lowest BCUT2D eigenvalue weighted by atomic mass is 9.79. The van der Waals surface area contributed by atoms with Crippen molar-refractivity contribution in [2.75, 3.05) is 17.6 Å². The van der Waals surface area contributed by atoms with E-state index in [1.807, 2.05) is 0 Å². The minimum atomic E-state index is -3.59. The zero-order valence-electron chi connectivity index (χ0n) is 21.2. The summed E-state index contributed by atoms with van der Waals surface area (Å²) in [6.45, 7) is 11.0. The molecule has 194 valence electrons. The Morgan fingerprint density at radius 2 is 1.49 bits per heavy atom. The largest absolute Gasteiger partial charge is 0.402 e. The van der Waals surface area contributed by atoms with E-state index in [0.717, 1.165) is 0 Å². The zero-order valence-corrected chi connectivity index (χ0v) is 24.6. The molecule has 35 heavy (non-hydrogen) atoms. The fraction of sp³-hybridized carbons (Fsp3) is 0.538. The standard InChI is InChI=1S/C26H36BrF2NO3SSi/c1-25(2,3)35(4,5)33-26(20-9-13-22(28)14-10-20,21-11-15-23(29)16-12-21)24-8-6-18-30(24)34(31,32)19-7-17-27/h9-16,24H,6-8,17-19H2,1-5H3. The number of rotatable bonds is 9. The number of alkyl halides is 1.